The second-order valence-corrected chi connectivity index (χ2v) is 13.5. The van der Waals surface area contributed by atoms with Crippen molar-refractivity contribution in [3.8, 4) is 0 Å². The maximum Gasteiger partial charge on any atom is 0.253 e. The van der Waals surface area contributed by atoms with E-state index in [4.69, 9.17) is 16.6 Å². The first-order valence-electron chi connectivity index (χ1n) is 11.2. The van der Waals surface area contributed by atoms with Crippen molar-refractivity contribution in [2.45, 2.75) is 43.5 Å². The molecule has 2 aromatic carbocycles. The topological polar surface area (TPSA) is 70.6 Å². The lowest BCUT2D eigenvalue weighted by molar-refractivity contribution is -0.121. The van der Waals surface area contributed by atoms with Crippen LogP contribution in [0.25, 0.3) is 10.2 Å². The van der Waals surface area contributed by atoms with Crippen molar-refractivity contribution >= 4 is 65.6 Å². The number of thiophene rings is 1. The van der Waals surface area contributed by atoms with Crippen molar-refractivity contribution in [3.05, 3.63) is 75.6 Å². The van der Waals surface area contributed by atoms with E-state index in [-0.39, 0.29) is 10.1 Å². The van der Waals surface area contributed by atoms with Gasteiger partial charge in [0.05, 0.1) is 21.1 Å². The standard InChI is InChI=1S/C25H24ClN3O3S3/c1-16-13-19-21(14-17(16)2)33-25(27-19)28(15-18-7-4-3-5-8-18)24(30)20-9-6-12-29(20)35(31,32)23-11-10-22(26)34-23/h3-5,7-8,10-11,13-14,20H,6,9,12,15H2,1-2H3. The van der Waals surface area contributed by atoms with E-state index in [1.807, 2.05) is 43.3 Å². The zero-order valence-corrected chi connectivity index (χ0v) is 22.5. The molecule has 1 aliphatic rings. The molecule has 4 aromatic rings. The summed E-state index contributed by atoms with van der Waals surface area (Å²) in [5.41, 5.74) is 4.09. The normalized spacial score (nSPS) is 16.7. The fourth-order valence-electron chi connectivity index (χ4n) is 4.30. The highest BCUT2D eigenvalue weighted by atomic mass is 35.5. The lowest BCUT2D eigenvalue weighted by Crippen LogP contribution is -2.47. The molecule has 0 spiro atoms. The molecule has 1 fully saturated rings. The van der Waals surface area contributed by atoms with Gasteiger partial charge in [0.15, 0.2) is 5.13 Å². The number of amides is 1. The lowest BCUT2D eigenvalue weighted by atomic mass is 10.1. The number of thiazole rings is 1. The molecule has 0 aliphatic carbocycles. The van der Waals surface area contributed by atoms with Crippen LogP contribution in [0.1, 0.15) is 29.5 Å². The molecule has 2 aromatic heterocycles. The van der Waals surface area contributed by atoms with Crippen molar-refractivity contribution in [2.75, 3.05) is 11.4 Å². The number of sulfonamides is 1. The van der Waals surface area contributed by atoms with Crippen LogP contribution in [0.15, 0.2) is 58.8 Å². The van der Waals surface area contributed by atoms with Crippen LogP contribution >= 0.6 is 34.3 Å². The Kier molecular flexibility index (Phi) is 6.71. The van der Waals surface area contributed by atoms with E-state index >= 15 is 0 Å². The number of nitrogens with zero attached hydrogens (tertiary/aromatic N) is 3. The summed E-state index contributed by atoms with van der Waals surface area (Å²) >= 11 is 8.47. The number of benzene rings is 2. The van der Waals surface area contributed by atoms with Crippen molar-refractivity contribution < 1.29 is 13.2 Å². The fraction of sp³-hybridized carbons (Fsp3) is 0.280. The Morgan fingerprint density at radius 3 is 2.57 bits per heavy atom. The monoisotopic (exact) mass is 545 g/mol. The molecule has 0 radical (unpaired) electrons. The minimum Gasteiger partial charge on any atom is -0.282 e. The van der Waals surface area contributed by atoms with Crippen LogP contribution in [0.4, 0.5) is 5.13 Å². The molecule has 0 N–H and O–H groups in total. The summed E-state index contributed by atoms with van der Waals surface area (Å²) in [4.78, 5) is 20.5. The van der Waals surface area contributed by atoms with Gasteiger partial charge in [0.1, 0.15) is 10.3 Å². The maximum absolute atomic E-state index is 14.0. The third-order valence-electron chi connectivity index (χ3n) is 6.27. The smallest absolute Gasteiger partial charge is 0.253 e. The first kappa shape index (κ1) is 24.4. The first-order chi connectivity index (χ1) is 16.7. The molecule has 0 bridgehead atoms. The predicted molar refractivity (Wildman–Crippen MR) is 143 cm³/mol. The van der Waals surface area contributed by atoms with E-state index in [1.165, 1.54) is 21.7 Å². The average molecular weight is 546 g/mol. The van der Waals surface area contributed by atoms with Crippen LogP contribution in [-0.4, -0.2) is 36.2 Å². The number of rotatable bonds is 6. The van der Waals surface area contributed by atoms with Crippen molar-refractivity contribution in [2.24, 2.45) is 0 Å². The van der Waals surface area contributed by atoms with Gasteiger partial charge in [0.2, 0.25) is 5.91 Å². The molecule has 182 valence electrons. The van der Waals surface area contributed by atoms with Crippen molar-refractivity contribution in [1.29, 1.82) is 0 Å². The number of carbonyl (C=O) groups is 1. The lowest BCUT2D eigenvalue weighted by Gasteiger charge is -2.28. The summed E-state index contributed by atoms with van der Waals surface area (Å²) in [5, 5.41) is 0.572. The Balaban J connectivity index is 1.54. The van der Waals surface area contributed by atoms with E-state index in [0.717, 1.165) is 38.2 Å². The van der Waals surface area contributed by atoms with Crippen LogP contribution in [0.5, 0.6) is 0 Å². The highest BCUT2D eigenvalue weighted by Gasteiger charge is 2.42. The van der Waals surface area contributed by atoms with Gasteiger partial charge in [-0.15, -0.1) is 11.3 Å². The minimum absolute atomic E-state index is 0.155. The third kappa shape index (κ3) is 4.75. The molecule has 1 atom stereocenters. The van der Waals surface area contributed by atoms with Gasteiger partial charge in [-0.3, -0.25) is 9.69 Å². The fourth-order valence-corrected chi connectivity index (χ4v) is 8.61. The Morgan fingerprint density at radius 1 is 1.11 bits per heavy atom. The van der Waals surface area contributed by atoms with Crippen LogP contribution < -0.4 is 4.90 Å². The second kappa shape index (κ2) is 9.63. The van der Waals surface area contributed by atoms with Gasteiger partial charge in [-0.1, -0.05) is 53.3 Å². The van der Waals surface area contributed by atoms with E-state index in [9.17, 15) is 13.2 Å². The number of anilines is 1. The summed E-state index contributed by atoms with van der Waals surface area (Å²) in [6, 6.07) is 16.1. The predicted octanol–water partition coefficient (Wildman–Crippen LogP) is 6.01. The first-order valence-corrected chi connectivity index (χ1v) is 14.7. The molecule has 1 aliphatic heterocycles. The number of halogens is 1. The van der Waals surface area contributed by atoms with Gasteiger partial charge >= 0.3 is 0 Å². The summed E-state index contributed by atoms with van der Waals surface area (Å²) in [5.74, 6) is -0.259. The molecular weight excluding hydrogens is 522 g/mol. The largest absolute Gasteiger partial charge is 0.282 e. The molecule has 1 saturated heterocycles. The summed E-state index contributed by atoms with van der Waals surface area (Å²) < 4.78 is 29.7. The quantitative estimate of drug-likeness (QED) is 0.297. The minimum atomic E-state index is -3.83. The van der Waals surface area contributed by atoms with Crippen LogP contribution in [0.2, 0.25) is 4.34 Å². The number of fused-ring (bicyclic) bond motifs is 1. The number of hydrogen-bond donors (Lipinski definition) is 0. The maximum atomic E-state index is 14.0. The van der Waals surface area contributed by atoms with Gasteiger partial charge in [0.25, 0.3) is 10.0 Å². The molecule has 1 unspecified atom stereocenters. The van der Waals surface area contributed by atoms with Gasteiger partial charge in [0, 0.05) is 6.54 Å². The molecular formula is C25H24ClN3O3S3. The Labute approximate surface area is 217 Å². The highest BCUT2D eigenvalue weighted by Crippen LogP contribution is 2.36. The Morgan fingerprint density at radius 2 is 1.86 bits per heavy atom. The van der Waals surface area contributed by atoms with Gasteiger partial charge < -0.3 is 0 Å². The van der Waals surface area contributed by atoms with Crippen molar-refractivity contribution in [3.63, 3.8) is 0 Å². The van der Waals surface area contributed by atoms with Crippen LogP contribution in [0.3, 0.4) is 0 Å². The molecule has 6 nitrogen and oxygen atoms in total. The van der Waals surface area contributed by atoms with Gasteiger partial charge in [-0.2, -0.15) is 4.31 Å². The number of aryl methyl sites for hydroxylation is 2. The highest BCUT2D eigenvalue weighted by molar-refractivity contribution is 7.91. The molecule has 1 amide bonds. The van der Waals surface area contributed by atoms with E-state index in [0.29, 0.717) is 35.4 Å². The molecule has 5 rings (SSSR count). The Bertz CT molecular complexity index is 1460. The van der Waals surface area contributed by atoms with E-state index in [2.05, 4.69) is 13.0 Å². The molecule has 35 heavy (non-hydrogen) atoms. The zero-order valence-electron chi connectivity index (χ0n) is 19.3. The number of aromatic nitrogens is 1. The van der Waals surface area contributed by atoms with Gasteiger partial charge in [-0.05, 0) is 67.6 Å². The summed E-state index contributed by atoms with van der Waals surface area (Å²) in [6.07, 6.45) is 1.08. The Hall–Kier alpha value is -2.30. The number of hydrogen-bond acceptors (Lipinski definition) is 6. The van der Waals surface area contributed by atoms with Crippen LogP contribution in [-0.2, 0) is 21.4 Å². The molecule has 3 heterocycles. The molecule has 10 heteroatoms. The van der Waals surface area contributed by atoms with E-state index < -0.39 is 16.1 Å². The average Bonchev–Trinajstić information content (AvgIpc) is 3.58. The van der Waals surface area contributed by atoms with Gasteiger partial charge in [-0.25, -0.2) is 13.4 Å². The summed E-state index contributed by atoms with van der Waals surface area (Å²) in [6.45, 7) is 4.70. The molecule has 0 saturated carbocycles. The SMILES string of the molecule is Cc1cc2nc(N(Cc3ccccc3)C(=O)C3CCCN3S(=O)(=O)c3ccc(Cl)s3)sc2cc1C. The second-order valence-electron chi connectivity index (χ2n) is 8.64. The van der Waals surface area contributed by atoms with E-state index in [1.54, 1.807) is 11.0 Å². The third-order valence-corrected chi connectivity index (χ3v) is 10.9. The number of carbonyl (C=O) groups excluding carboxylic acids is 1. The summed E-state index contributed by atoms with van der Waals surface area (Å²) in [7, 11) is -3.83. The zero-order chi connectivity index (χ0) is 24.7. The van der Waals surface area contributed by atoms with Crippen LogP contribution in [0, 0.1) is 13.8 Å². The van der Waals surface area contributed by atoms with Crippen molar-refractivity contribution in [1.82, 2.24) is 9.29 Å².